The summed E-state index contributed by atoms with van der Waals surface area (Å²) < 4.78 is 12.4. The highest BCUT2D eigenvalue weighted by atomic mass is 127. The smallest absolute Gasteiger partial charge is 0.286 e. The molecule has 8 nitrogen and oxygen atoms in total. The third-order valence-electron chi connectivity index (χ3n) is 3.80. The van der Waals surface area contributed by atoms with E-state index < -0.39 is 4.92 Å². The van der Waals surface area contributed by atoms with E-state index in [1.54, 1.807) is 24.3 Å². The van der Waals surface area contributed by atoms with Crippen LogP contribution in [0.2, 0.25) is 0 Å². The molecule has 2 aromatic carbocycles. The summed E-state index contributed by atoms with van der Waals surface area (Å²) in [6.45, 7) is 2.53. The highest BCUT2D eigenvalue weighted by molar-refractivity contribution is 14.1. The summed E-state index contributed by atoms with van der Waals surface area (Å²) in [6, 6.07) is 9.82. The molecular formula is C19H16IN3O5S. The molecule has 1 amide bonds. The van der Waals surface area contributed by atoms with Crippen molar-refractivity contribution < 1.29 is 19.2 Å². The lowest BCUT2D eigenvalue weighted by Gasteiger charge is -2.15. The second-order valence-corrected chi connectivity index (χ2v) is 8.07. The maximum atomic E-state index is 11.8. The van der Waals surface area contributed by atoms with Crippen LogP contribution in [0.25, 0.3) is 6.08 Å². The van der Waals surface area contributed by atoms with E-state index in [-0.39, 0.29) is 23.4 Å². The van der Waals surface area contributed by atoms with Crippen LogP contribution in [-0.2, 0) is 11.4 Å². The molecule has 1 aliphatic heterocycles. The Bertz CT molecular complexity index is 1020. The number of halogens is 1. The number of ether oxygens (including phenoxy) is 2. The van der Waals surface area contributed by atoms with Crippen LogP contribution >= 0.6 is 34.4 Å². The van der Waals surface area contributed by atoms with Crippen LogP contribution in [0.1, 0.15) is 18.1 Å². The Labute approximate surface area is 184 Å². The minimum atomic E-state index is -0.444. The average molecular weight is 525 g/mol. The molecule has 2 N–H and O–H groups in total. The van der Waals surface area contributed by atoms with Gasteiger partial charge in [-0.3, -0.25) is 14.9 Å². The molecule has 0 radical (unpaired) electrons. The fourth-order valence-electron chi connectivity index (χ4n) is 2.52. The van der Waals surface area contributed by atoms with Gasteiger partial charge in [0.2, 0.25) is 0 Å². The van der Waals surface area contributed by atoms with E-state index in [9.17, 15) is 14.9 Å². The number of amides is 1. The van der Waals surface area contributed by atoms with Gasteiger partial charge in [0.05, 0.1) is 20.0 Å². The van der Waals surface area contributed by atoms with Gasteiger partial charge < -0.3 is 15.2 Å². The summed E-state index contributed by atoms with van der Waals surface area (Å²) in [6.07, 6.45) is 1.71. The fraction of sp³-hybridized carbons (Fsp3) is 0.158. The van der Waals surface area contributed by atoms with Gasteiger partial charge in [-0.1, -0.05) is 0 Å². The number of aliphatic imine (C=N–C) groups is 1. The molecular weight excluding hydrogens is 509 g/mol. The normalized spacial score (nSPS) is 14.8. The molecule has 0 atom stereocenters. The summed E-state index contributed by atoms with van der Waals surface area (Å²) in [4.78, 5) is 26.3. The summed E-state index contributed by atoms with van der Waals surface area (Å²) in [5.41, 5.74) is 7.17. The maximum absolute atomic E-state index is 11.8. The third kappa shape index (κ3) is 5.26. The second-order valence-electron chi connectivity index (χ2n) is 5.84. The second kappa shape index (κ2) is 9.27. The number of benzene rings is 2. The standard InChI is InChI=1S/C19H16IN3O5S/c1-2-27-15-8-12(9-16-18(24)22-19(21)29-16)7-14(20)17(15)28-10-11-3-5-13(6-4-11)23(25)26/h3-9H,2,10H2,1H3,(H2,21,22,24). The third-order valence-corrected chi connectivity index (χ3v) is 5.41. The van der Waals surface area contributed by atoms with Gasteiger partial charge in [0.15, 0.2) is 16.7 Å². The molecule has 3 rings (SSSR count). The number of nitrogens with zero attached hydrogens (tertiary/aromatic N) is 2. The van der Waals surface area contributed by atoms with Gasteiger partial charge in [-0.15, -0.1) is 0 Å². The van der Waals surface area contributed by atoms with Crippen molar-refractivity contribution in [2.45, 2.75) is 13.5 Å². The van der Waals surface area contributed by atoms with Crippen LogP contribution in [0, 0.1) is 13.7 Å². The predicted octanol–water partition coefficient (Wildman–Crippen LogP) is 4.11. The van der Waals surface area contributed by atoms with Gasteiger partial charge in [0.25, 0.3) is 11.6 Å². The number of hydrogen-bond acceptors (Lipinski definition) is 7. The number of nitrogens with two attached hydrogens (primary N) is 1. The van der Waals surface area contributed by atoms with E-state index in [0.29, 0.717) is 23.0 Å². The fourth-order valence-corrected chi connectivity index (χ4v) is 3.98. The molecule has 0 bridgehead atoms. The SMILES string of the molecule is CCOc1cc(C=C2SC(N)=NC2=O)cc(I)c1OCc1ccc([N+](=O)[O-])cc1. The molecule has 0 fully saturated rings. The van der Waals surface area contributed by atoms with E-state index in [4.69, 9.17) is 15.2 Å². The van der Waals surface area contributed by atoms with Crippen LogP contribution in [0.5, 0.6) is 11.5 Å². The molecule has 0 aromatic heterocycles. The Morgan fingerprint density at radius 1 is 1.28 bits per heavy atom. The van der Waals surface area contributed by atoms with E-state index in [1.165, 1.54) is 12.1 Å². The zero-order valence-corrected chi connectivity index (χ0v) is 18.2. The van der Waals surface area contributed by atoms with Crippen molar-refractivity contribution >= 4 is 57.2 Å². The number of thioether (sulfide) groups is 1. The van der Waals surface area contributed by atoms with E-state index >= 15 is 0 Å². The predicted molar refractivity (Wildman–Crippen MR) is 120 cm³/mol. The van der Waals surface area contributed by atoms with E-state index in [0.717, 1.165) is 26.5 Å². The summed E-state index contributed by atoms with van der Waals surface area (Å²) in [7, 11) is 0. The van der Waals surface area contributed by atoms with Gasteiger partial charge in [-0.25, -0.2) is 0 Å². The van der Waals surface area contributed by atoms with Crippen LogP contribution in [0.15, 0.2) is 46.3 Å². The Kier molecular flexibility index (Phi) is 6.75. The van der Waals surface area contributed by atoms with Crippen LogP contribution in [0.3, 0.4) is 0 Å². The first-order valence-corrected chi connectivity index (χ1v) is 10.4. The first kappa shape index (κ1) is 21.1. The molecule has 29 heavy (non-hydrogen) atoms. The van der Waals surface area contributed by atoms with Gasteiger partial charge in [-0.2, -0.15) is 4.99 Å². The van der Waals surface area contributed by atoms with Crippen molar-refractivity contribution in [2.75, 3.05) is 6.61 Å². The number of nitro benzene ring substituents is 1. The van der Waals surface area contributed by atoms with Crippen LogP contribution < -0.4 is 15.2 Å². The van der Waals surface area contributed by atoms with E-state index in [1.807, 2.05) is 13.0 Å². The molecule has 150 valence electrons. The lowest BCUT2D eigenvalue weighted by Crippen LogP contribution is -2.02. The molecule has 0 saturated carbocycles. The molecule has 0 saturated heterocycles. The number of amidine groups is 1. The maximum Gasteiger partial charge on any atom is 0.286 e. The molecule has 10 heteroatoms. The van der Waals surface area contributed by atoms with Crippen molar-refractivity contribution in [3.63, 3.8) is 0 Å². The minimum absolute atomic E-state index is 0.0275. The van der Waals surface area contributed by atoms with Gasteiger partial charge in [0.1, 0.15) is 6.61 Å². The monoisotopic (exact) mass is 525 g/mol. The van der Waals surface area contributed by atoms with Crippen molar-refractivity contribution in [2.24, 2.45) is 10.7 Å². The number of carbonyl (C=O) groups excluding carboxylic acids is 1. The van der Waals surface area contributed by atoms with Crippen LogP contribution in [-0.4, -0.2) is 22.6 Å². The summed E-state index contributed by atoms with van der Waals surface area (Å²) in [5.74, 6) is 0.741. The number of rotatable bonds is 7. The minimum Gasteiger partial charge on any atom is -0.490 e. The van der Waals surface area contributed by atoms with Gasteiger partial charge in [0, 0.05) is 12.1 Å². The van der Waals surface area contributed by atoms with Gasteiger partial charge in [-0.05, 0) is 82.7 Å². The Balaban J connectivity index is 1.82. The molecule has 0 aliphatic carbocycles. The summed E-state index contributed by atoms with van der Waals surface area (Å²) >= 11 is 3.26. The van der Waals surface area contributed by atoms with Crippen LogP contribution in [0.4, 0.5) is 5.69 Å². The first-order valence-electron chi connectivity index (χ1n) is 8.48. The Morgan fingerprint density at radius 2 is 2.00 bits per heavy atom. The molecule has 1 heterocycles. The van der Waals surface area contributed by atoms with Crippen molar-refractivity contribution in [3.8, 4) is 11.5 Å². The zero-order chi connectivity index (χ0) is 21.0. The lowest BCUT2D eigenvalue weighted by atomic mass is 10.1. The van der Waals surface area contributed by atoms with E-state index in [2.05, 4.69) is 27.6 Å². The Hall–Kier alpha value is -2.60. The average Bonchev–Trinajstić information content (AvgIpc) is 2.98. The first-order chi connectivity index (χ1) is 13.9. The van der Waals surface area contributed by atoms with Crippen molar-refractivity contribution in [1.29, 1.82) is 0 Å². The number of non-ortho nitro benzene ring substituents is 1. The lowest BCUT2D eigenvalue weighted by molar-refractivity contribution is -0.384. The molecule has 0 spiro atoms. The van der Waals surface area contributed by atoms with Crippen molar-refractivity contribution in [3.05, 3.63) is 66.1 Å². The highest BCUT2D eigenvalue weighted by Crippen LogP contribution is 2.36. The topological polar surface area (TPSA) is 117 Å². The highest BCUT2D eigenvalue weighted by Gasteiger charge is 2.20. The molecule has 0 unspecified atom stereocenters. The molecule has 1 aliphatic rings. The zero-order valence-electron chi connectivity index (χ0n) is 15.3. The quantitative estimate of drug-likeness (QED) is 0.250. The number of carbonyl (C=O) groups is 1. The largest absolute Gasteiger partial charge is 0.490 e. The number of nitro groups is 1. The number of hydrogen-bond donors (Lipinski definition) is 1. The van der Waals surface area contributed by atoms with Gasteiger partial charge >= 0.3 is 0 Å². The Morgan fingerprint density at radius 3 is 2.59 bits per heavy atom. The van der Waals surface area contributed by atoms with Crippen molar-refractivity contribution in [1.82, 2.24) is 0 Å². The molecule has 2 aromatic rings. The summed E-state index contributed by atoms with van der Waals surface area (Å²) in [5, 5.41) is 11.0.